The van der Waals surface area contributed by atoms with E-state index in [-0.39, 0.29) is 6.10 Å². The smallest absolute Gasteiger partial charge is 0.134 e. The number of hydrogen-bond donors (Lipinski definition) is 1. The van der Waals surface area contributed by atoms with Crippen LogP contribution in [0.15, 0.2) is 28.7 Å². The van der Waals surface area contributed by atoms with Gasteiger partial charge in [0.1, 0.15) is 11.3 Å². The number of aliphatic hydroxyl groups excluding tert-OH is 1. The summed E-state index contributed by atoms with van der Waals surface area (Å²) in [6.07, 6.45) is 1.94. The maximum atomic E-state index is 10.2. The maximum absolute atomic E-state index is 10.2. The van der Waals surface area contributed by atoms with Gasteiger partial charge in [-0.3, -0.25) is 0 Å². The van der Waals surface area contributed by atoms with Gasteiger partial charge in [0.15, 0.2) is 0 Å². The molecule has 0 bridgehead atoms. The predicted octanol–water partition coefficient (Wildman–Crippen LogP) is 3.18. The van der Waals surface area contributed by atoms with Crippen LogP contribution in [0.5, 0.6) is 0 Å². The molecule has 1 aliphatic rings. The summed E-state index contributed by atoms with van der Waals surface area (Å²) >= 11 is 0. The maximum Gasteiger partial charge on any atom is 0.134 e. The van der Waals surface area contributed by atoms with E-state index in [1.807, 2.05) is 31.2 Å². The molecular formula is C13H14O2. The third-order valence-electron chi connectivity index (χ3n) is 3.18. The summed E-state index contributed by atoms with van der Waals surface area (Å²) in [7, 11) is 0. The average Bonchev–Trinajstić information content (AvgIpc) is 3.00. The van der Waals surface area contributed by atoms with E-state index >= 15 is 0 Å². The Hall–Kier alpha value is -1.28. The van der Waals surface area contributed by atoms with Crippen LogP contribution in [0.1, 0.15) is 30.3 Å². The number of hydrogen-bond acceptors (Lipinski definition) is 2. The van der Waals surface area contributed by atoms with Gasteiger partial charge in [-0.05, 0) is 31.7 Å². The normalized spacial score (nSPS) is 18.3. The average molecular weight is 202 g/mol. The molecule has 1 unspecified atom stereocenters. The fourth-order valence-corrected chi connectivity index (χ4v) is 2.20. The minimum Gasteiger partial charge on any atom is -0.461 e. The fraction of sp³-hybridized carbons (Fsp3) is 0.385. The van der Waals surface area contributed by atoms with Gasteiger partial charge in [-0.25, -0.2) is 0 Å². The molecule has 1 aliphatic carbocycles. The lowest BCUT2D eigenvalue weighted by atomic mass is 10.0. The topological polar surface area (TPSA) is 33.4 Å². The van der Waals surface area contributed by atoms with Crippen molar-refractivity contribution in [3.8, 4) is 0 Å². The van der Waals surface area contributed by atoms with Gasteiger partial charge in [0.05, 0.1) is 6.10 Å². The Morgan fingerprint density at radius 1 is 1.33 bits per heavy atom. The van der Waals surface area contributed by atoms with Crippen molar-refractivity contribution in [2.75, 3.05) is 0 Å². The Bertz CT molecular complexity index is 494. The first-order chi connectivity index (χ1) is 7.27. The summed E-state index contributed by atoms with van der Waals surface area (Å²) in [5.74, 6) is 1.31. The zero-order valence-electron chi connectivity index (χ0n) is 8.73. The van der Waals surface area contributed by atoms with E-state index in [1.165, 1.54) is 0 Å². The molecule has 3 rings (SSSR count). The zero-order chi connectivity index (χ0) is 10.4. The van der Waals surface area contributed by atoms with Crippen molar-refractivity contribution in [2.45, 2.75) is 25.9 Å². The molecule has 1 heterocycles. The first-order valence-corrected chi connectivity index (χ1v) is 5.43. The molecule has 2 nitrogen and oxygen atoms in total. The Labute approximate surface area is 88.5 Å². The van der Waals surface area contributed by atoms with Crippen LogP contribution in [-0.4, -0.2) is 5.11 Å². The van der Waals surface area contributed by atoms with Crippen molar-refractivity contribution in [1.82, 2.24) is 0 Å². The molecule has 0 amide bonds. The number of furan rings is 1. The molecular weight excluding hydrogens is 188 g/mol. The molecule has 0 spiro atoms. The summed E-state index contributed by atoms with van der Waals surface area (Å²) in [5.41, 5.74) is 1.87. The standard InChI is InChI=1S/C13H14O2/c1-8-12(13(14)9-6-7-9)10-4-2-3-5-11(10)15-8/h2-5,9,13-14H,6-7H2,1H3. The Morgan fingerprint density at radius 2 is 2.07 bits per heavy atom. The highest BCUT2D eigenvalue weighted by Crippen LogP contribution is 2.44. The van der Waals surface area contributed by atoms with Crippen molar-refractivity contribution in [3.05, 3.63) is 35.6 Å². The van der Waals surface area contributed by atoms with E-state index in [4.69, 9.17) is 4.42 Å². The van der Waals surface area contributed by atoms with Gasteiger partial charge in [0.2, 0.25) is 0 Å². The SMILES string of the molecule is Cc1oc2ccccc2c1C(O)C1CC1. The second-order valence-electron chi connectivity index (χ2n) is 4.35. The van der Waals surface area contributed by atoms with Crippen LogP contribution in [0.4, 0.5) is 0 Å². The number of fused-ring (bicyclic) bond motifs is 1. The van der Waals surface area contributed by atoms with Crippen molar-refractivity contribution in [3.63, 3.8) is 0 Å². The lowest BCUT2D eigenvalue weighted by molar-refractivity contribution is 0.153. The first kappa shape index (κ1) is 8.98. The van der Waals surface area contributed by atoms with E-state index in [0.29, 0.717) is 5.92 Å². The fourth-order valence-electron chi connectivity index (χ4n) is 2.20. The van der Waals surface area contributed by atoms with E-state index in [1.54, 1.807) is 0 Å². The number of rotatable bonds is 2. The molecule has 15 heavy (non-hydrogen) atoms. The molecule has 1 aromatic carbocycles. The highest BCUT2D eigenvalue weighted by atomic mass is 16.3. The summed E-state index contributed by atoms with van der Waals surface area (Å²) < 4.78 is 5.64. The van der Waals surface area contributed by atoms with Crippen molar-refractivity contribution < 1.29 is 9.52 Å². The molecule has 2 aromatic rings. The second kappa shape index (κ2) is 3.11. The largest absolute Gasteiger partial charge is 0.461 e. The zero-order valence-corrected chi connectivity index (χ0v) is 8.73. The summed E-state index contributed by atoms with van der Waals surface area (Å²) in [5, 5.41) is 11.2. The van der Waals surface area contributed by atoms with Gasteiger partial charge in [0.25, 0.3) is 0 Å². The number of para-hydroxylation sites is 1. The molecule has 1 aromatic heterocycles. The van der Waals surface area contributed by atoms with Gasteiger partial charge < -0.3 is 9.52 Å². The van der Waals surface area contributed by atoms with Gasteiger partial charge in [0, 0.05) is 10.9 Å². The molecule has 1 N–H and O–H groups in total. The molecule has 78 valence electrons. The third-order valence-corrected chi connectivity index (χ3v) is 3.18. The summed E-state index contributed by atoms with van der Waals surface area (Å²) in [6.45, 7) is 1.93. The van der Waals surface area contributed by atoms with Gasteiger partial charge in [-0.15, -0.1) is 0 Å². The highest BCUT2D eigenvalue weighted by Gasteiger charge is 2.33. The van der Waals surface area contributed by atoms with Gasteiger partial charge in [-0.2, -0.15) is 0 Å². The van der Waals surface area contributed by atoms with Crippen LogP contribution in [-0.2, 0) is 0 Å². The number of aliphatic hydroxyl groups is 1. The Morgan fingerprint density at radius 3 is 2.80 bits per heavy atom. The predicted molar refractivity (Wildman–Crippen MR) is 58.6 cm³/mol. The van der Waals surface area contributed by atoms with Crippen LogP contribution in [0.3, 0.4) is 0 Å². The minimum absolute atomic E-state index is 0.339. The molecule has 0 saturated heterocycles. The lowest BCUT2D eigenvalue weighted by Crippen LogP contribution is -1.99. The molecule has 0 aliphatic heterocycles. The lowest BCUT2D eigenvalue weighted by Gasteiger charge is -2.07. The van der Waals surface area contributed by atoms with E-state index in [9.17, 15) is 5.11 Å². The molecule has 1 fully saturated rings. The van der Waals surface area contributed by atoms with Crippen LogP contribution < -0.4 is 0 Å². The van der Waals surface area contributed by atoms with Crippen LogP contribution >= 0.6 is 0 Å². The van der Waals surface area contributed by atoms with Crippen LogP contribution in [0.25, 0.3) is 11.0 Å². The quantitative estimate of drug-likeness (QED) is 0.811. The summed E-state index contributed by atoms with van der Waals surface area (Å²) in [6, 6.07) is 7.91. The van der Waals surface area contributed by atoms with Gasteiger partial charge in [-0.1, -0.05) is 18.2 Å². The Kier molecular flexibility index (Phi) is 1.86. The van der Waals surface area contributed by atoms with Crippen LogP contribution in [0.2, 0.25) is 0 Å². The molecule has 2 heteroatoms. The highest BCUT2D eigenvalue weighted by molar-refractivity contribution is 5.82. The van der Waals surface area contributed by atoms with E-state index < -0.39 is 0 Å². The molecule has 1 saturated carbocycles. The molecule has 0 radical (unpaired) electrons. The van der Waals surface area contributed by atoms with Crippen molar-refractivity contribution >= 4 is 11.0 Å². The number of aryl methyl sites for hydroxylation is 1. The second-order valence-corrected chi connectivity index (χ2v) is 4.35. The van der Waals surface area contributed by atoms with Crippen molar-refractivity contribution in [1.29, 1.82) is 0 Å². The minimum atomic E-state index is -0.339. The molecule has 1 atom stereocenters. The van der Waals surface area contributed by atoms with Crippen molar-refractivity contribution in [2.24, 2.45) is 5.92 Å². The van der Waals surface area contributed by atoms with E-state index in [0.717, 1.165) is 35.1 Å². The van der Waals surface area contributed by atoms with E-state index in [2.05, 4.69) is 0 Å². The monoisotopic (exact) mass is 202 g/mol. The number of benzene rings is 1. The van der Waals surface area contributed by atoms with Crippen LogP contribution in [0, 0.1) is 12.8 Å². The first-order valence-electron chi connectivity index (χ1n) is 5.43. The Balaban J connectivity index is 2.18. The third kappa shape index (κ3) is 1.37. The summed E-state index contributed by atoms with van der Waals surface area (Å²) in [4.78, 5) is 0. The van der Waals surface area contributed by atoms with Gasteiger partial charge >= 0.3 is 0 Å².